The van der Waals surface area contributed by atoms with Gasteiger partial charge < -0.3 is 24.5 Å². The number of rotatable bonds is 13. The lowest BCUT2D eigenvalue weighted by Crippen LogP contribution is -2.60. The number of hydrogen-bond acceptors (Lipinski definition) is 5. The van der Waals surface area contributed by atoms with E-state index in [-0.39, 0.29) is 30.4 Å². The van der Waals surface area contributed by atoms with Gasteiger partial charge in [0.05, 0.1) is 30.6 Å². The normalized spacial score (nSPS) is 28.6. The van der Waals surface area contributed by atoms with Crippen molar-refractivity contribution in [3.63, 3.8) is 0 Å². The largest absolute Gasteiger partial charge is 0.394 e. The molecule has 212 valence electrons. The highest BCUT2D eigenvalue weighted by Crippen LogP contribution is 2.59. The van der Waals surface area contributed by atoms with Crippen LogP contribution in [0.3, 0.4) is 0 Å². The van der Waals surface area contributed by atoms with Crippen molar-refractivity contribution in [3.8, 4) is 0 Å². The lowest BCUT2D eigenvalue weighted by molar-refractivity contribution is -0.153. The van der Waals surface area contributed by atoms with Crippen LogP contribution in [-0.2, 0) is 25.5 Å². The SMILES string of the molecule is C=CCN(C)C(=O)[C@@H]1[C@H]2C(=O)N([C@@H](CO)Cc3ccccc3)C(C(=O)N(CC=C)C(C)CCC)C23CC[C@H]1O3. The number of hydrogen-bond donors (Lipinski definition) is 1. The van der Waals surface area contributed by atoms with Crippen molar-refractivity contribution in [1.82, 2.24) is 14.7 Å². The van der Waals surface area contributed by atoms with Crippen LogP contribution in [0.4, 0.5) is 0 Å². The summed E-state index contributed by atoms with van der Waals surface area (Å²) in [6.07, 6.45) is 6.16. The topological polar surface area (TPSA) is 90.4 Å². The molecule has 3 unspecified atom stereocenters. The highest BCUT2D eigenvalue weighted by molar-refractivity contribution is 5.99. The van der Waals surface area contributed by atoms with Gasteiger partial charge >= 0.3 is 0 Å². The van der Waals surface area contributed by atoms with Gasteiger partial charge in [0.25, 0.3) is 0 Å². The minimum absolute atomic E-state index is 0.0654. The molecule has 3 aliphatic heterocycles. The fraction of sp³-hybridized carbons (Fsp3) is 0.581. The van der Waals surface area contributed by atoms with Crippen LogP contribution >= 0.6 is 0 Å². The van der Waals surface area contributed by atoms with E-state index >= 15 is 0 Å². The highest BCUT2D eigenvalue weighted by atomic mass is 16.5. The van der Waals surface area contributed by atoms with Gasteiger partial charge in [0.1, 0.15) is 11.6 Å². The first kappa shape index (κ1) is 29.0. The zero-order valence-electron chi connectivity index (χ0n) is 23.5. The average molecular weight is 538 g/mol. The van der Waals surface area contributed by atoms with Crippen LogP contribution in [0.1, 0.15) is 45.1 Å². The molecule has 0 aromatic heterocycles. The number of nitrogens with zero attached hydrogens (tertiary/aromatic N) is 3. The van der Waals surface area contributed by atoms with Crippen LogP contribution < -0.4 is 0 Å². The van der Waals surface area contributed by atoms with Crippen molar-refractivity contribution >= 4 is 17.7 Å². The molecule has 7 atom stereocenters. The van der Waals surface area contributed by atoms with Crippen molar-refractivity contribution < 1.29 is 24.2 Å². The molecule has 0 saturated carbocycles. The quantitative estimate of drug-likeness (QED) is 0.391. The van der Waals surface area contributed by atoms with Crippen LogP contribution in [0.15, 0.2) is 55.6 Å². The molecule has 1 spiro atoms. The fourth-order valence-electron chi connectivity index (χ4n) is 7.08. The van der Waals surface area contributed by atoms with Gasteiger partial charge in [0.15, 0.2) is 0 Å². The second kappa shape index (κ2) is 12.0. The average Bonchev–Trinajstić information content (AvgIpc) is 3.58. The Morgan fingerprint density at radius 1 is 1.21 bits per heavy atom. The predicted molar refractivity (Wildman–Crippen MR) is 150 cm³/mol. The van der Waals surface area contributed by atoms with Gasteiger partial charge in [-0.1, -0.05) is 55.8 Å². The van der Waals surface area contributed by atoms with Crippen LogP contribution in [0.25, 0.3) is 0 Å². The summed E-state index contributed by atoms with van der Waals surface area (Å²) in [7, 11) is 1.70. The van der Waals surface area contributed by atoms with Gasteiger partial charge in [-0.15, -0.1) is 13.2 Å². The van der Waals surface area contributed by atoms with E-state index in [0.29, 0.717) is 32.4 Å². The maximum absolute atomic E-state index is 14.5. The third-order valence-corrected chi connectivity index (χ3v) is 8.80. The van der Waals surface area contributed by atoms with E-state index in [1.165, 1.54) is 0 Å². The summed E-state index contributed by atoms with van der Waals surface area (Å²) in [4.78, 5) is 47.5. The minimum atomic E-state index is -1.11. The first-order chi connectivity index (χ1) is 18.7. The number of likely N-dealkylation sites (tertiary alicyclic amines) is 1. The van der Waals surface area contributed by atoms with Gasteiger partial charge in [-0.3, -0.25) is 14.4 Å². The van der Waals surface area contributed by atoms with E-state index in [2.05, 4.69) is 20.1 Å². The monoisotopic (exact) mass is 537 g/mol. The molecular formula is C31H43N3O5. The molecule has 3 heterocycles. The van der Waals surface area contributed by atoms with Gasteiger partial charge in [0.2, 0.25) is 17.7 Å². The van der Waals surface area contributed by atoms with Gasteiger partial charge in [-0.05, 0) is 38.2 Å². The lowest BCUT2D eigenvalue weighted by Gasteiger charge is -2.41. The van der Waals surface area contributed by atoms with E-state index in [4.69, 9.17) is 4.74 Å². The lowest BCUT2D eigenvalue weighted by atomic mass is 9.70. The Bertz CT molecular complexity index is 1080. The molecule has 0 aliphatic carbocycles. The summed E-state index contributed by atoms with van der Waals surface area (Å²) in [6, 6.07) is 8.02. The van der Waals surface area contributed by atoms with Crippen molar-refractivity contribution in [2.75, 3.05) is 26.7 Å². The summed E-state index contributed by atoms with van der Waals surface area (Å²) < 4.78 is 6.60. The first-order valence-electron chi connectivity index (χ1n) is 14.2. The van der Waals surface area contributed by atoms with Gasteiger partial charge in [0, 0.05) is 26.2 Å². The molecule has 1 aromatic carbocycles. The first-order valence-corrected chi connectivity index (χ1v) is 14.2. The fourth-order valence-corrected chi connectivity index (χ4v) is 7.08. The summed E-state index contributed by atoms with van der Waals surface area (Å²) >= 11 is 0. The van der Waals surface area contributed by atoms with E-state index in [1.807, 2.05) is 37.3 Å². The molecule has 39 heavy (non-hydrogen) atoms. The molecule has 8 heteroatoms. The van der Waals surface area contributed by atoms with E-state index in [9.17, 15) is 19.5 Å². The molecule has 8 nitrogen and oxygen atoms in total. The Morgan fingerprint density at radius 2 is 1.90 bits per heavy atom. The second-order valence-corrected chi connectivity index (χ2v) is 11.3. The Balaban J connectivity index is 1.79. The number of ether oxygens (including phenoxy) is 1. The number of benzene rings is 1. The van der Waals surface area contributed by atoms with Crippen LogP contribution in [0.5, 0.6) is 0 Å². The van der Waals surface area contributed by atoms with E-state index in [1.54, 1.807) is 33.9 Å². The van der Waals surface area contributed by atoms with Crippen molar-refractivity contribution in [2.45, 2.75) is 75.8 Å². The standard InChI is InChI=1S/C31H43N3O5/c1-6-12-21(4)33(18-8-3)30(38)27-31-16-15-24(39-31)25(28(36)32(5)17-7-2)26(31)29(37)34(27)23(20-35)19-22-13-10-9-11-14-22/h7-11,13-14,21,23-27,35H,2-3,6,12,15-20H2,1,4-5H3/t21?,23-,24-,25+,26+,27?,31?/m1/s1. The molecule has 3 fully saturated rings. The van der Waals surface area contributed by atoms with Crippen LogP contribution in [0, 0.1) is 11.8 Å². The van der Waals surface area contributed by atoms with Crippen molar-refractivity contribution in [1.29, 1.82) is 0 Å². The van der Waals surface area contributed by atoms with Crippen molar-refractivity contribution in [2.24, 2.45) is 11.8 Å². The number of aliphatic hydroxyl groups excluding tert-OH is 1. The maximum Gasteiger partial charge on any atom is 0.248 e. The molecular weight excluding hydrogens is 494 g/mol. The number of amides is 3. The second-order valence-electron chi connectivity index (χ2n) is 11.3. The van der Waals surface area contributed by atoms with Gasteiger partial charge in [-0.25, -0.2) is 0 Å². The molecule has 2 bridgehead atoms. The minimum Gasteiger partial charge on any atom is -0.394 e. The summed E-state index contributed by atoms with van der Waals surface area (Å²) in [6.45, 7) is 12.1. The highest BCUT2D eigenvalue weighted by Gasteiger charge is 2.75. The molecule has 3 aliphatic rings. The smallest absolute Gasteiger partial charge is 0.248 e. The number of aliphatic hydroxyl groups is 1. The number of likely N-dealkylation sites (N-methyl/N-ethyl adjacent to an activating group) is 1. The molecule has 1 aromatic rings. The third kappa shape index (κ3) is 5.05. The molecule has 3 saturated heterocycles. The van der Waals surface area contributed by atoms with Crippen molar-refractivity contribution in [3.05, 3.63) is 61.2 Å². The molecule has 3 amide bonds. The Kier molecular flexibility index (Phi) is 8.96. The zero-order chi connectivity index (χ0) is 28.3. The summed E-state index contributed by atoms with van der Waals surface area (Å²) in [5.74, 6) is -2.10. The molecule has 0 radical (unpaired) electrons. The number of carbonyl (C=O) groups excluding carboxylic acids is 3. The Labute approximate surface area is 232 Å². The van der Waals surface area contributed by atoms with E-state index in [0.717, 1.165) is 18.4 Å². The number of carbonyl (C=O) groups is 3. The van der Waals surface area contributed by atoms with Crippen LogP contribution in [0.2, 0.25) is 0 Å². The number of fused-ring (bicyclic) bond motifs is 1. The Morgan fingerprint density at radius 3 is 2.51 bits per heavy atom. The summed E-state index contributed by atoms with van der Waals surface area (Å²) in [5, 5.41) is 10.6. The summed E-state index contributed by atoms with van der Waals surface area (Å²) in [5.41, 5.74) is -0.153. The van der Waals surface area contributed by atoms with Gasteiger partial charge in [-0.2, -0.15) is 0 Å². The maximum atomic E-state index is 14.5. The zero-order valence-corrected chi connectivity index (χ0v) is 23.5. The Hall–Kier alpha value is -2.97. The third-order valence-electron chi connectivity index (χ3n) is 8.80. The predicted octanol–water partition coefficient (Wildman–Crippen LogP) is 2.81. The molecule has 4 rings (SSSR count). The van der Waals surface area contributed by atoms with Crippen LogP contribution in [-0.4, -0.2) is 94.1 Å². The van der Waals surface area contributed by atoms with E-state index < -0.39 is 35.6 Å². The molecule has 1 N–H and O–H groups in total.